The molecule has 0 aromatic heterocycles. The van der Waals surface area contributed by atoms with Crippen LogP contribution in [0.25, 0.3) is 0 Å². The second-order valence-corrected chi connectivity index (χ2v) is 5.12. The molecule has 2 N–H and O–H groups in total. The predicted octanol–water partition coefficient (Wildman–Crippen LogP) is 3.54. The molecule has 2 aromatic rings. The van der Waals surface area contributed by atoms with Gasteiger partial charge in [0.15, 0.2) is 0 Å². The number of hydrogen-bond acceptors (Lipinski definition) is 4. The molecule has 0 radical (unpaired) electrons. The van der Waals surface area contributed by atoms with E-state index in [0.717, 1.165) is 0 Å². The van der Waals surface area contributed by atoms with Crippen molar-refractivity contribution < 1.29 is 13.9 Å². The van der Waals surface area contributed by atoms with Crippen molar-refractivity contribution in [2.75, 3.05) is 17.2 Å². The first-order valence-electron chi connectivity index (χ1n) is 7.53. The third kappa shape index (κ3) is 4.46. The van der Waals surface area contributed by atoms with Gasteiger partial charge in [-0.25, -0.2) is 4.39 Å². The number of halogens is 1. The lowest BCUT2D eigenvalue weighted by Gasteiger charge is -2.18. The molecule has 2 rings (SSSR count). The Morgan fingerprint density at radius 2 is 2.12 bits per heavy atom. The average molecular weight is 327 g/mol. The van der Waals surface area contributed by atoms with Crippen molar-refractivity contribution in [1.82, 2.24) is 0 Å². The predicted molar refractivity (Wildman–Crippen MR) is 90.4 cm³/mol. The Hall–Kier alpha value is -3.07. The Morgan fingerprint density at radius 3 is 2.83 bits per heavy atom. The molecule has 0 aliphatic heterocycles. The van der Waals surface area contributed by atoms with Crippen LogP contribution in [0.1, 0.15) is 19.4 Å². The number of amides is 1. The summed E-state index contributed by atoms with van der Waals surface area (Å²) in [7, 11) is 0. The van der Waals surface area contributed by atoms with E-state index < -0.39 is 11.9 Å². The van der Waals surface area contributed by atoms with Crippen LogP contribution in [0.2, 0.25) is 0 Å². The SMILES string of the molecule is CCOc1cc(F)ccc1N[C@H](C)C(=O)Nc1cccc(C#N)c1. The van der Waals surface area contributed by atoms with Crippen LogP contribution in [-0.2, 0) is 4.79 Å². The summed E-state index contributed by atoms with van der Waals surface area (Å²) in [5.41, 5.74) is 1.54. The summed E-state index contributed by atoms with van der Waals surface area (Å²) in [6.45, 7) is 3.87. The number of benzene rings is 2. The van der Waals surface area contributed by atoms with Gasteiger partial charge < -0.3 is 15.4 Å². The van der Waals surface area contributed by atoms with Gasteiger partial charge in [-0.15, -0.1) is 0 Å². The first kappa shape index (κ1) is 17.3. The zero-order chi connectivity index (χ0) is 17.5. The third-order valence-corrected chi connectivity index (χ3v) is 3.27. The molecule has 5 nitrogen and oxygen atoms in total. The maximum absolute atomic E-state index is 13.3. The molecule has 24 heavy (non-hydrogen) atoms. The van der Waals surface area contributed by atoms with Gasteiger partial charge in [0.05, 0.1) is 23.9 Å². The van der Waals surface area contributed by atoms with Crippen molar-refractivity contribution in [3.8, 4) is 11.8 Å². The minimum Gasteiger partial charge on any atom is -0.492 e. The van der Waals surface area contributed by atoms with Crippen molar-refractivity contribution in [3.05, 3.63) is 53.8 Å². The summed E-state index contributed by atoms with van der Waals surface area (Å²) in [6, 6.07) is 12.2. The Morgan fingerprint density at radius 1 is 1.33 bits per heavy atom. The summed E-state index contributed by atoms with van der Waals surface area (Å²) in [5, 5.41) is 14.6. The van der Waals surface area contributed by atoms with E-state index in [1.165, 1.54) is 18.2 Å². The van der Waals surface area contributed by atoms with Crippen molar-refractivity contribution >= 4 is 17.3 Å². The minimum absolute atomic E-state index is 0.281. The molecule has 0 unspecified atom stereocenters. The molecule has 0 heterocycles. The minimum atomic E-state index is -0.583. The van der Waals surface area contributed by atoms with Crippen LogP contribution in [0, 0.1) is 17.1 Å². The fourth-order valence-electron chi connectivity index (χ4n) is 2.11. The van der Waals surface area contributed by atoms with Gasteiger partial charge in [0, 0.05) is 11.8 Å². The molecule has 6 heteroatoms. The molecule has 2 aromatic carbocycles. The molecule has 0 aliphatic carbocycles. The van der Waals surface area contributed by atoms with Crippen molar-refractivity contribution in [2.24, 2.45) is 0 Å². The van der Waals surface area contributed by atoms with E-state index >= 15 is 0 Å². The monoisotopic (exact) mass is 327 g/mol. The Bertz CT molecular complexity index is 771. The third-order valence-electron chi connectivity index (χ3n) is 3.27. The molecule has 0 saturated carbocycles. The summed E-state index contributed by atoms with van der Waals surface area (Å²) < 4.78 is 18.7. The van der Waals surface area contributed by atoms with Crippen LogP contribution in [0.5, 0.6) is 5.75 Å². The van der Waals surface area contributed by atoms with E-state index in [2.05, 4.69) is 10.6 Å². The smallest absolute Gasteiger partial charge is 0.246 e. The molecule has 0 aliphatic rings. The van der Waals surface area contributed by atoms with E-state index in [1.54, 1.807) is 38.1 Å². The number of nitrogens with one attached hydrogen (secondary N) is 2. The first-order valence-corrected chi connectivity index (χ1v) is 7.53. The number of anilines is 2. The van der Waals surface area contributed by atoms with E-state index in [4.69, 9.17) is 10.00 Å². The van der Waals surface area contributed by atoms with E-state index in [1.807, 2.05) is 6.07 Å². The Labute approximate surface area is 140 Å². The van der Waals surface area contributed by atoms with Gasteiger partial charge in [0.2, 0.25) is 5.91 Å². The maximum atomic E-state index is 13.3. The number of nitrogens with zero attached hydrogens (tertiary/aromatic N) is 1. The lowest BCUT2D eigenvalue weighted by molar-refractivity contribution is -0.116. The molecule has 124 valence electrons. The lowest BCUT2D eigenvalue weighted by atomic mass is 10.2. The molecule has 1 amide bonds. The van der Waals surface area contributed by atoms with Crippen molar-refractivity contribution in [1.29, 1.82) is 5.26 Å². The largest absolute Gasteiger partial charge is 0.492 e. The van der Waals surface area contributed by atoms with Gasteiger partial charge in [0.25, 0.3) is 0 Å². The zero-order valence-electron chi connectivity index (χ0n) is 13.5. The van der Waals surface area contributed by atoms with Gasteiger partial charge in [-0.1, -0.05) is 6.07 Å². The first-order chi connectivity index (χ1) is 11.5. The number of carbonyl (C=O) groups excluding carboxylic acids is 1. The van der Waals surface area contributed by atoms with E-state index in [-0.39, 0.29) is 5.91 Å². The summed E-state index contributed by atoms with van der Waals surface area (Å²) in [4.78, 5) is 12.3. The Balaban J connectivity index is 2.07. The van der Waals surface area contributed by atoms with Crippen molar-refractivity contribution in [2.45, 2.75) is 19.9 Å². The fourth-order valence-corrected chi connectivity index (χ4v) is 2.11. The lowest BCUT2D eigenvalue weighted by Crippen LogP contribution is -2.32. The van der Waals surface area contributed by atoms with Crippen LogP contribution in [0.15, 0.2) is 42.5 Å². The van der Waals surface area contributed by atoms with Gasteiger partial charge in [-0.3, -0.25) is 4.79 Å². The molecule has 0 spiro atoms. The topological polar surface area (TPSA) is 74.2 Å². The fraction of sp³-hybridized carbons (Fsp3) is 0.222. The highest BCUT2D eigenvalue weighted by Crippen LogP contribution is 2.26. The molecule has 0 bridgehead atoms. The maximum Gasteiger partial charge on any atom is 0.246 e. The van der Waals surface area contributed by atoms with Crippen LogP contribution in [-0.4, -0.2) is 18.6 Å². The number of rotatable bonds is 6. The molecule has 1 atom stereocenters. The van der Waals surface area contributed by atoms with Crippen LogP contribution >= 0.6 is 0 Å². The summed E-state index contributed by atoms with van der Waals surface area (Å²) in [6.07, 6.45) is 0. The summed E-state index contributed by atoms with van der Waals surface area (Å²) in [5.74, 6) is -0.338. The van der Waals surface area contributed by atoms with Crippen LogP contribution in [0.3, 0.4) is 0 Å². The summed E-state index contributed by atoms with van der Waals surface area (Å²) >= 11 is 0. The highest BCUT2D eigenvalue weighted by atomic mass is 19.1. The standard InChI is InChI=1S/C18H18FN3O2/c1-3-24-17-10-14(19)7-8-16(17)21-12(2)18(23)22-15-6-4-5-13(9-15)11-20/h4-10,12,21H,3H2,1-2H3,(H,22,23)/t12-/m1/s1. The van der Waals surface area contributed by atoms with E-state index in [9.17, 15) is 9.18 Å². The highest BCUT2D eigenvalue weighted by Gasteiger charge is 2.15. The average Bonchev–Trinajstić information content (AvgIpc) is 2.57. The second kappa shape index (κ2) is 7.97. The Kier molecular flexibility index (Phi) is 5.74. The van der Waals surface area contributed by atoms with Crippen LogP contribution < -0.4 is 15.4 Å². The van der Waals surface area contributed by atoms with Gasteiger partial charge in [-0.2, -0.15) is 5.26 Å². The molecular formula is C18H18FN3O2. The molecule has 0 saturated heterocycles. The zero-order valence-corrected chi connectivity index (χ0v) is 13.5. The normalized spacial score (nSPS) is 11.2. The van der Waals surface area contributed by atoms with E-state index in [0.29, 0.717) is 29.3 Å². The number of carbonyl (C=O) groups is 1. The molecule has 0 fully saturated rings. The number of nitriles is 1. The molecular weight excluding hydrogens is 309 g/mol. The number of hydrogen-bond donors (Lipinski definition) is 2. The van der Waals surface area contributed by atoms with Crippen LogP contribution in [0.4, 0.5) is 15.8 Å². The number of ether oxygens (including phenoxy) is 1. The highest BCUT2D eigenvalue weighted by molar-refractivity contribution is 5.96. The van der Waals surface area contributed by atoms with Gasteiger partial charge >= 0.3 is 0 Å². The van der Waals surface area contributed by atoms with Gasteiger partial charge in [0.1, 0.15) is 17.6 Å². The quantitative estimate of drug-likeness (QED) is 0.851. The van der Waals surface area contributed by atoms with Crippen molar-refractivity contribution in [3.63, 3.8) is 0 Å². The second-order valence-electron chi connectivity index (χ2n) is 5.12. The van der Waals surface area contributed by atoms with Gasteiger partial charge in [-0.05, 0) is 44.2 Å².